The quantitative estimate of drug-likeness (QED) is 0.786. The number of hydrogen-bond acceptors (Lipinski definition) is 3. The fraction of sp³-hybridized carbons (Fsp3) is 0. The van der Waals surface area contributed by atoms with Crippen molar-refractivity contribution >= 4 is 17.9 Å². The highest BCUT2D eigenvalue weighted by Gasteiger charge is 2.06. The number of nitrogens with zero attached hydrogens (tertiary/aromatic N) is 1. The smallest absolute Gasteiger partial charge is 0.153 e. The molecule has 0 aliphatic carbocycles. The lowest BCUT2D eigenvalue weighted by Gasteiger charge is -2.08. The van der Waals surface area contributed by atoms with E-state index in [9.17, 15) is 4.79 Å². The van der Waals surface area contributed by atoms with Crippen LogP contribution in [0.4, 0.5) is 0 Å². The first-order valence-corrected chi connectivity index (χ1v) is 5.53. The topological polar surface area (TPSA) is 50.1 Å². The summed E-state index contributed by atoms with van der Waals surface area (Å²) in [4.78, 5) is 10.9. The summed E-state index contributed by atoms with van der Waals surface area (Å²) >= 11 is 5.85. The second-order valence-electron chi connectivity index (χ2n) is 3.54. The van der Waals surface area contributed by atoms with E-state index in [1.54, 1.807) is 42.5 Å². The maximum absolute atomic E-state index is 10.9. The van der Waals surface area contributed by atoms with Crippen LogP contribution in [0.15, 0.2) is 42.5 Å². The zero-order valence-electron chi connectivity index (χ0n) is 9.26. The van der Waals surface area contributed by atoms with Crippen LogP contribution in [-0.4, -0.2) is 6.29 Å². The zero-order chi connectivity index (χ0) is 13.0. The van der Waals surface area contributed by atoms with Crippen molar-refractivity contribution in [1.82, 2.24) is 0 Å². The van der Waals surface area contributed by atoms with Gasteiger partial charge in [0, 0.05) is 11.1 Å². The van der Waals surface area contributed by atoms with Gasteiger partial charge in [-0.15, -0.1) is 0 Å². The number of benzene rings is 2. The van der Waals surface area contributed by atoms with Crippen LogP contribution >= 0.6 is 11.6 Å². The molecule has 0 bridgehead atoms. The van der Waals surface area contributed by atoms with Gasteiger partial charge in [0.25, 0.3) is 0 Å². The fourth-order valence-electron chi connectivity index (χ4n) is 1.45. The van der Waals surface area contributed by atoms with Gasteiger partial charge in [-0.1, -0.05) is 17.7 Å². The number of nitriles is 1. The highest BCUT2D eigenvalue weighted by Crippen LogP contribution is 2.27. The number of rotatable bonds is 3. The summed E-state index contributed by atoms with van der Waals surface area (Å²) in [5.41, 5.74) is 0.893. The molecule has 0 spiro atoms. The Morgan fingerprint density at radius 2 is 2.06 bits per heavy atom. The summed E-state index contributed by atoms with van der Waals surface area (Å²) in [5, 5.41) is 9.27. The molecule has 0 aliphatic heterocycles. The van der Waals surface area contributed by atoms with Gasteiger partial charge < -0.3 is 4.74 Å². The summed E-state index contributed by atoms with van der Waals surface area (Å²) in [6.07, 6.45) is 0.694. The Morgan fingerprint density at radius 1 is 1.22 bits per heavy atom. The second-order valence-corrected chi connectivity index (χ2v) is 3.98. The average molecular weight is 258 g/mol. The van der Waals surface area contributed by atoms with Crippen molar-refractivity contribution in [2.45, 2.75) is 0 Å². The third-order valence-electron chi connectivity index (χ3n) is 2.29. The lowest BCUT2D eigenvalue weighted by atomic mass is 10.2. The van der Waals surface area contributed by atoms with Crippen molar-refractivity contribution in [3.05, 3.63) is 58.6 Å². The van der Waals surface area contributed by atoms with E-state index in [4.69, 9.17) is 21.6 Å². The predicted molar refractivity (Wildman–Crippen MR) is 68.1 cm³/mol. The molecule has 0 atom stereocenters. The van der Waals surface area contributed by atoms with Crippen molar-refractivity contribution in [3.63, 3.8) is 0 Å². The Labute approximate surface area is 109 Å². The minimum Gasteiger partial charge on any atom is -0.457 e. The molecule has 2 rings (SSSR count). The van der Waals surface area contributed by atoms with Gasteiger partial charge in [-0.2, -0.15) is 5.26 Å². The van der Waals surface area contributed by atoms with E-state index in [0.29, 0.717) is 33.9 Å². The molecule has 0 saturated carbocycles. The van der Waals surface area contributed by atoms with Gasteiger partial charge in [0.1, 0.15) is 11.5 Å². The molecule has 0 saturated heterocycles. The number of aldehydes is 1. The van der Waals surface area contributed by atoms with Crippen molar-refractivity contribution in [3.8, 4) is 17.6 Å². The molecule has 0 amide bonds. The van der Waals surface area contributed by atoms with Gasteiger partial charge in [-0.05, 0) is 30.3 Å². The molecule has 4 heteroatoms. The Balaban J connectivity index is 2.36. The Hall–Kier alpha value is -2.31. The predicted octanol–water partition coefficient (Wildman–Crippen LogP) is 3.82. The number of carbonyl (C=O) groups excluding carboxylic acids is 1. The number of ether oxygens (including phenoxy) is 1. The summed E-state index contributed by atoms with van der Waals surface area (Å²) < 4.78 is 5.56. The van der Waals surface area contributed by atoms with Crippen molar-refractivity contribution < 1.29 is 9.53 Å². The monoisotopic (exact) mass is 257 g/mol. The van der Waals surface area contributed by atoms with E-state index < -0.39 is 0 Å². The molecule has 2 aromatic rings. The van der Waals surface area contributed by atoms with E-state index in [0.717, 1.165) is 0 Å². The van der Waals surface area contributed by atoms with E-state index in [2.05, 4.69) is 0 Å². The van der Waals surface area contributed by atoms with E-state index in [-0.39, 0.29) is 0 Å². The van der Waals surface area contributed by atoms with Crippen LogP contribution < -0.4 is 4.74 Å². The maximum Gasteiger partial charge on any atom is 0.153 e. The molecule has 2 aromatic carbocycles. The van der Waals surface area contributed by atoms with Crippen LogP contribution in [0, 0.1) is 11.3 Å². The number of hydrogen-bond donors (Lipinski definition) is 0. The first-order valence-electron chi connectivity index (χ1n) is 5.15. The molecular weight excluding hydrogens is 250 g/mol. The van der Waals surface area contributed by atoms with Crippen molar-refractivity contribution in [2.75, 3.05) is 0 Å². The number of carbonyl (C=O) groups is 1. The molecule has 0 heterocycles. The van der Waals surface area contributed by atoms with Crippen molar-refractivity contribution in [2.24, 2.45) is 0 Å². The van der Waals surface area contributed by atoms with Gasteiger partial charge in [-0.25, -0.2) is 0 Å². The fourth-order valence-corrected chi connectivity index (χ4v) is 1.61. The molecule has 0 aliphatic rings. The molecule has 3 nitrogen and oxygen atoms in total. The summed E-state index contributed by atoms with van der Waals surface area (Å²) in [6.45, 7) is 0. The molecular formula is C14H8ClNO2. The lowest BCUT2D eigenvalue weighted by Crippen LogP contribution is -1.90. The highest BCUT2D eigenvalue weighted by molar-refractivity contribution is 6.30. The average Bonchev–Trinajstić information content (AvgIpc) is 2.39. The van der Waals surface area contributed by atoms with Gasteiger partial charge in [0.15, 0.2) is 6.29 Å². The van der Waals surface area contributed by atoms with Crippen molar-refractivity contribution in [1.29, 1.82) is 5.26 Å². The maximum atomic E-state index is 10.9. The Bertz CT molecular complexity index is 632. The first-order chi connectivity index (χ1) is 8.72. The summed E-state index contributed by atoms with van der Waals surface area (Å²) in [7, 11) is 0. The van der Waals surface area contributed by atoms with Crippen LogP contribution in [0.5, 0.6) is 11.5 Å². The van der Waals surface area contributed by atoms with Crippen LogP contribution in [0.25, 0.3) is 0 Å². The minimum absolute atomic E-state index is 0.368. The molecule has 0 radical (unpaired) electrons. The third kappa shape index (κ3) is 2.68. The van der Waals surface area contributed by atoms with E-state index in [1.165, 1.54) is 0 Å². The van der Waals surface area contributed by atoms with Gasteiger partial charge >= 0.3 is 0 Å². The third-order valence-corrected chi connectivity index (χ3v) is 2.53. The lowest BCUT2D eigenvalue weighted by molar-refractivity contribution is 0.112. The molecule has 0 N–H and O–H groups in total. The van der Waals surface area contributed by atoms with Gasteiger partial charge in [-0.3, -0.25) is 4.79 Å². The van der Waals surface area contributed by atoms with Crippen LogP contribution in [0.3, 0.4) is 0 Å². The summed E-state index contributed by atoms with van der Waals surface area (Å²) in [5.74, 6) is 0.854. The zero-order valence-corrected chi connectivity index (χ0v) is 10.0. The molecule has 0 fully saturated rings. The van der Waals surface area contributed by atoms with Crippen LogP contribution in [-0.2, 0) is 0 Å². The standard InChI is InChI=1S/C14H8ClNO2/c15-12-5-4-11(9-17)14(7-12)18-13-3-1-2-10(6-13)8-16/h1-7,9H. The second kappa shape index (κ2) is 5.35. The molecule has 18 heavy (non-hydrogen) atoms. The Kier molecular flexibility index (Phi) is 3.61. The highest BCUT2D eigenvalue weighted by atomic mass is 35.5. The van der Waals surface area contributed by atoms with E-state index >= 15 is 0 Å². The molecule has 0 aromatic heterocycles. The molecule has 88 valence electrons. The largest absolute Gasteiger partial charge is 0.457 e. The van der Waals surface area contributed by atoms with Crippen LogP contribution in [0.2, 0.25) is 5.02 Å². The first kappa shape index (κ1) is 12.2. The van der Waals surface area contributed by atoms with E-state index in [1.807, 2.05) is 6.07 Å². The van der Waals surface area contributed by atoms with Gasteiger partial charge in [0.2, 0.25) is 0 Å². The minimum atomic E-state index is 0.368. The SMILES string of the molecule is N#Cc1cccc(Oc2cc(Cl)ccc2C=O)c1. The normalized spacial score (nSPS) is 9.56. The number of halogens is 1. The van der Waals surface area contributed by atoms with Crippen LogP contribution in [0.1, 0.15) is 15.9 Å². The Morgan fingerprint density at radius 3 is 2.78 bits per heavy atom. The molecule has 0 unspecified atom stereocenters. The van der Waals surface area contributed by atoms with Gasteiger partial charge in [0.05, 0.1) is 17.2 Å². The summed E-state index contributed by atoms with van der Waals surface area (Å²) in [6, 6.07) is 13.5.